The monoisotopic (exact) mass is 367 g/mol. The van der Waals surface area contributed by atoms with Crippen LogP contribution in [0, 0.1) is 13.8 Å². The van der Waals surface area contributed by atoms with E-state index >= 15 is 0 Å². The van der Waals surface area contributed by atoms with Crippen molar-refractivity contribution < 1.29 is 0 Å². The molecule has 1 unspecified atom stereocenters. The van der Waals surface area contributed by atoms with Crippen LogP contribution in [0.25, 0.3) is 0 Å². The highest BCUT2D eigenvalue weighted by atomic mass is 32.1. The van der Waals surface area contributed by atoms with E-state index in [-0.39, 0.29) is 5.92 Å². The number of aryl methyl sites for hydroxylation is 2. The normalized spacial score (nSPS) is 17.3. The molecule has 0 radical (unpaired) electrons. The van der Waals surface area contributed by atoms with Gasteiger partial charge in [0, 0.05) is 54.2 Å². The fourth-order valence-electron chi connectivity index (χ4n) is 3.21. The Morgan fingerprint density at radius 3 is 2.85 bits per heavy atom. The fraction of sp³-hybridized carbons (Fsp3) is 0.389. The van der Waals surface area contributed by atoms with Crippen LogP contribution in [0.15, 0.2) is 30.9 Å². The third-order valence-corrected chi connectivity index (χ3v) is 5.22. The summed E-state index contributed by atoms with van der Waals surface area (Å²) in [5.74, 6) is 2.89. The Morgan fingerprint density at radius 2 is 2.08 bits per heavy atom. The molecule has 7 nitrogen and oxygen atoms in total. The predicted molar refractivity (Wildman–Crippen MR) is 103 cm³/mol. The molecule has 0 saturated carbocycles. The molecule has 1 atom stereocenters. The van der Waals surface area contributed by atoms with Gasteiger partial charge in [-0.25, -0.2) is 19.9 Å². The van der Waals surface area contributed by atoms with E-state index < -0.39 is 0 Å². The summed E-state index contributed by atoms with van der Waals surface area (Å²) in [6, 6.07) is 1.96. The van der Waals surface area contributed by atoms with Crippen LogP contribution in [0.1, 0.15) is 35.2 Å². The fourth-order valence-corrected chi connectivity index (χ4v) is 3.88. The first-order chi connectivity index (χ1) is 12.7. The Morgan fingerprint density at radius 1 is 1.15 bits per heavy atom. The quantitative estimate of drug-likeness (QED) is 0.756. The molecule has 3 aromatic rings. The molecule has 3 aromatic heterocycles. The molecule has 4 rings (SSSR count). The van der Waals surface area contributed by atoms with Crippen molar-refractivity contribution in [1.29, 1.82) is 0 Å². The molecule has 0 spiro atoms. The second-order valence-corrected chi connectivity index (χ2v) is 7.74. The highest BCUT2D eigenvalue weighted by molar-refractivity contribution is 7.15. The number of piperidine rings is 1. The zero-order valence-electron chi connectivity index (χ0n) is 14.9. The smallest absolute Gasteiger partial charge is 0.188 e. The maximum Gasteiger partial charge on any atom is 0.188 e. The minimum atomic E-state index is 0.282. The number of rotatable bonds is 4. The van der Waals surface area contributed by atoms with Crippen molar-refractivity contribution in [2.45, 2.75) is 32.6 Å². The molecular weight excluding hydrogens is 346 g/mol. The molecule has 0 bridgehead atoms. The first-order valence-electron chi connectivity index (χ1n) is 8.73. The molecule has 1 fully saturated rings. The summed E-state index contributed by atoms with van der Waals surface area (Å²) >= 11 is 1.62. The van der Waals surface area contributed by atoms with Crippen LogP contribution in [0.4, 0.5) is 16.8 Å². The van der Waals surface area contributed by atoms with Crippen LogP contribution in [-0.2, 0) is 0 Å². The van der Waals surface area contributed by atoms with E-state index in [4.69, 9.17) is 9.97 Å². The average molecular weight is 367 g/mol. The minimum Gasteiger partial charge on any atom is -0.355 e. The van der Waals surface area contributed by atoms with Crippen molar-refractivity contribution in [3.63, 3.8) is 0 Å². The SMILES string of the molecule is Cc1cc(Nc2ncc(C)s2)nc(C2CCCN(c3cnccn3)C2)n1. The molecule has 1 N–H and O–H groups in total. The van der Waals surface area contributed by atoms with Gasteiger partial charge in [0.05, 0.1) is 6.20 Å². The molecule has 8 heteroatoms. The number of hydrogen-bond acceptors (Lipinski definition) is 8. The summed E-state index contributed by atoms with van der Waals surface area (Å²) in [4.78, 5) is 25.9. The number of nitrogens with one attached hydrogen (secondary N) is 1. The molecule has 0 aliphatic carbocycles. The van der Waals surface area contributed by atoms with E-state index in [1.54, 1.807) is 23.7 Å². The van der Waals surface area contributed by atoms with Gasteiger partial charge < -0.3 is 10.2 Å². The molecule has 0 aromatic carbocycles. The number of aromatic nitrogens is 5. The Kier molecular flexibility index (Phi) is 4.75. The summed E-state index contributed by atoms with van der Waals surface area (Å²) in [7, 11) is 0. The summed E-state index contributed by atoms with van der Waals surface area (Å²) in [6.07, 6.45) is 9.29. The van der Waals surface area contributed by atoms with E-state index in [0.29, 0.717) is 0 Å². The van der Waals surface area contributed by atoms with Gasteiger partial charge in [0.1, 0.15) is 17.5 Å². The summed E-state index contributed by atoms with van der Waals surface area (Å²) in [6.45, 7) is 5.90. The van der Waals surface area contributed by atoms with Crippen molar-refractivity contribution in [2.75, 3.05) is 23.3 Å². The highest BCUT2D eigenvalue weighted by Gasteiger charge is 2.25. The molecule has 1 aliphatic rings. The van der Waals surface area contributed by atoms with Crippen LogP contribution < -0.4 is 10.2 Å². The molecular formula is C18H21N7S. The van der Waals surface area contributed by atoms with Gasteiger partial charge in [0.25, 0.3) is 0 Å². The van der Waals surface area contributed by atoms with Crippen molar-refractivity contribution in [3.05, 3.63) is 47.2 Å². The van der Waals surface area contributed by atoms with Crippen LogP contribution in [0.3, 0.4) is 0 Å². The summed E-state index contributed by atoms with van der Waals surface area (Å²) < 4.78 is 0. The summed E-state index contributed by atoms with van der Waals surface area (Å²) in [5, 5.41) is 4.17. The van der Waals surface area contributed by atoms with Crippen LogP contribution >= 0.6 is 11.3 Å². The van der Waals surface area contributed by atoms with Gasteiger partial charge in [-0.05, 0) is 26.7 Å². The lowest BCUT2D eigenvalue weighted by Crippen LogP contribution is -2.35. The van der Waals surface area contributed by atoms with Crippen LogP contribution in [0.5, 0.6) is 0 Å². The second-order valence-electron chi connectivity index (χ2n) is 6.50. The Labute approximate surface area is 156 Å². The van der Waals surface area contributed by atoms with Gasteiger partial charge >= 0.3 is 0 Å². The van der Waals surface area contributed by atoms with E-state index in [1.807, 2.05) is 32.3 Å². The first kappa shape index (κ1) is 16.8. The zero-order valence-corrected chi connectivity index (χ0v) is 15.7. The van der Waals surface area contributed by atoms with Crippen LogP contribution in [0.2, 0.25) is 0 Å². The molecule has 26 heavy (non-hydrogen) atoms. The maximum atomic E-state index is 4.77. The lowest BCUT2D eigenvalue weighted by Gasteiger charge is -2.32. The predicted octanol–water partition coefficient (Wildman–Crippen LogP) is 3.47. The topological polar surface area (TPSA) is 79.7 Å². The van der Waals surface area contributed by atoms with E-state index in [1.165, 1.54) is 4.88 Å². The molecule has 134 valence electrons. The highest BCUT2D eigenvalue weighted by Crippen LogP contribution is 2.28. The number of hydrogen-bond donors (Lipinski definition) is 1. The second kappa shape index (κ2) is 7.33. The zero-order chi connectivity index (χ0) is 17.9. The van der Waals surface area contributed by atoms with Crippen molar-refractivity contribution in [3.8, 4) is 0 Å². The van der Waals surface area contributed by atoms with Gasteiger partial charge in [0.2, 0.25) is 0 Å². The van der Waals surface area contributed by atoms with E-state index in [9.17, 15) is 0 Å². The molecule has 4 heterocycles. The third kappa shape index (κ3) is 3.80. The van der Waals surface area contributed by atoms with Gasteiger partial charge in [-0.2, -0.15) is 0 Å². The van der Waals surface area contributed by atoms with Crippen molar-refractivity contribution >= 4 is 28.1 Å². The lowest BCUT2D eigenvalue weighted by molar-refractivity contribution is 0.488. The first-order valence-corrected chi connectivity index (χ1v) is 9.55. The van der Waals surface area contributed by atoms with E-state index in [0.717, 1.165) is 54.2 Å². The maximum absolute atomic E-state index is 4.77. The average Bonchev–Trinajstić information content (AvgIpc) is 3.07. The number of nitrogens with zero attached hydrogens (tertiary/aromatic N) is 6. The van der Waals surface area contributed by atoms with Crippen molar-refractivity contribution in [1.82, 2.24) is 24.9 Å². The van der Waals surface area contributed by atoms with Crippen LogP contribution in [-0.4, -0.2) is 38.0 Å². The Balaban J connectivity index is 1.54. The minimum absolute atomic E-state index is 0.282. The summed E-state index contributed by atoms with van der Waals surface area (Å²) in [5.41, 5.74) is 0.961. The molecule has 0 amide bonds. The number of anilines is 3. The largest absolute Gasteiger partial charge is 0.355 e. The standard InChI is InChI=1S/C18H21N7S/c1-12-8-15(24-18-21-9-13(2)26-18)23-17(22-12)14-4-3-7-25(11-14)16-10-19-5-6-20-16/h5-6,8-10,14H,3-4,7,11H2,1-2H3,(H,21,22,23,24). The van der Waals surface area contributed by atoms with Gasteiger partial charge in [-0.1, -0.05) is 0 Å². The van der Waals surface area contributed by atoms with E-state index in [2.05, 4.69) is 25.2 Å². The number of thiazole rings is 1. The van der Waals surface area contributed by atoms with Gasteiger partial charge in [-0.15, -0.1) is 11.3 Å². The molecule has 1 aliphatic heterocycles. The van der Waals surface area contributed by atoms with Crippen molar-refractivity contribution in [2.24, 2.45) is 0 Å². The lowest BCUT2D eigenvalue weighted by atomic mass is 9.97. The third-order valence-electron chi connectivity index (χ3n) is 4.39. The Bertz CT molecular complexity index is 880. The van der Waals surface area contributed by atoms with Gasteiger partial charge in [0.15, 0.2) is 5.13 Å². The Hall–Kier alpha value is -2.61. The van der Waals surface area contributed by atoms with Gasteiger partial charge in [-0.3, -0.25) is 4.98 Å². The molecule has 1 saturated heterocycles.